The quantitative estimate of drug-likeness (QED) is 0.746. The van der Waals surface area contributed by atoms with Gasteiger partial charge < -0.3 is 4.74 Å². The first-order valence-electron chi connectivity index (χ1n) is 7.67. The molecule has 1 aromatic rings. The smallest absolute Gasteiger partial charge is 0.410 e. The average molecular weight is 342 g/mol. The minimum Gasteiger partial charge on any atom is -0.444 e. The number of hydrogen-bond acceptors (Lipinski definition) is 3. The van der Waals surface area contributed by atoms with Crippen molar-refractivity contribution in [1.82, 2.24) is 4.90 Å². The molecule has 0 aliphatic carbocycles. The molecule has 0 unspecified atom stereocenters. The molecule has 1 amide bonds. The summed E-state index contributed by atoms with van der Waals surface area (Å²) in [4.78, 5) is 26.5. The van der Waals surface area contributed by atoms with Gasteiger partial charge in [-0.05, 0) is 58.2 Å². The fourth-order valence-corrected chi connectivity index (χ4v) is 2.85. The number of nitrogens with zero attached hydrogens (tertiary/aromatic N) is 1. The number of ether oxygens (including phenoxy) is 1. The van der Waals surface area contributed by atoms with Gasteiger partial charge in [0.15, 0.2) is 5.78 Å². The summed E-state index contributed by atoms with van der Waals surface area (Å²) < 4.78 is 18.9. The highest BCUT2D eigenvalue weighted by molar-refractivity contribution is 6.31. The normalized spacial score (nSPS) is 18.7. The molecule has 1 heterocycles. The van der Waals surface area contributed by atoms with Gasteiger partial charge in [0.05, 0.1) is 6.04 Å². The largest absolute Gasteiger partial charge is 0.444 e. The molecule has 1 fully saturated rings. The van der Waals surface area contributed by atoms with Crippen LogP contribution < -0.4 is 0 Å². The molecule has 0 aromatic heterocycles. The maximum Gasteiger partial charge on any atom is 0.410 e. The van der Waals surface area contributed by atoms with Crippen LogP contribution in [0, 0.1) is 5.82 Å². The van der Waals surface area contributed by atoms with Crippen LogP contribution in [0.1, 0.15) is 50.4 Å². The van der Waals surface area contributed by atoms with E-state index in [0.717, 1.165) is 25.0 Å². The number of carbonyl (C=O) groups excluding carboxylic acids is 2. The lowest BCUT2D eigenvalue weighted by Gasteiger charge is -2.35. The fourth-order valence-electron chi connectivity index (χ4n) is 2.63. The van der Waals surface area contributed by atoms with Crippen LogP contribution in [-0.2, 0) is 4.74 Å². The van der Waals surface area contributed by atoms with Gasteiger partial charge in [0.1, 0.15) is 11.4 Å². The van der Waals surface area contributed by atoms with Gasteiger partial charge in [-0.15, -0.1) is 0 Å². The topological polar surface area (TPSA) is 46.6 Å². The lowest BCUT2D eigenvalue weighted by Crippen LogP contribution is -2.49. The number of amides is 1. The molecule has 1 saturated heterocycles. The van der Waals surface area contributed by atoms with E-state index in [1.165, 1.54) is 11.0 Å². The zero-order chi connectivity index (χ0) is 17.2. The van der Waals surface area contributed by atoms with E-state index in [0.29, 0.717) is 13.0 Å². The number of carbonyl (C=O) groups is 2. The van der Waals surface area contributed by atoms with Gasteiger partial charge in [-0.2, -0.15) is 0 Å². The number of piperidine rings is 1. The van der Waals surface area contributed by atoms with Crippen LogP contribution in [0.4, 0.5) is 9.18 Å². The van der Waals surface area contributed by atoms with Gasteiger partial charge in [0.2, 0.25) is 0 Å². The van der Waals surface area contributed by atoms with Crippen LogP contribution in [0.2, 0.25) is 5.02 Å². The SMILES string of the molecule is CC(C)(C)OC(=O)N1CCCC[C@H]1C(=O)c1cc(F)cc(Cl)c1. The van der Waals surface area contributed by atoms with Crippen molar-refractivity contribution in [2.75, 3.05) is 6.54 Å². The number of likely N-dealkylation sites (tertiary alicyclic amines) is 1. The summed E-state index contributed by atoms with van der Waals surface area (Å²) in [5, 5.41) is 0.160. The second kappa shape index (κ2) is 6.87. The Bertz CT molecular complexity index is 592. The Morgan fingerprint density at radius 2 is 1.96 bits per heavy atom. The third kappa shape index (κ3) is 4.67. The molecule has 0 saturated carbocycles. The van der Waals surface area contributed by atoms with Crippen LogP contribution in [0.15, 0.2) is 18.2 Å². The Labute approximate surface area is 140 Å². The summed E-state index contributed by atoms with van der Waals surface area (Å²) in [6.45, 7) is 5.78. The van der Waals surface area contributed by atoms with E-state index >= 15 is 0 Å². The number of Topliss-reactive ketones (excluding diaryl/α,β-unsaturated/α-hetero) is 1. The van der Waals surface area contributed by atoms with Gasteiger partial charge >= 0.3 is 6.09 Å². The summed E-state index contributed by atoms with van der Waals surface area (Å²) in [5.41, 5.74) is -0.458. The van der Waals surface area contributed by atoms with E-state index in [2.05, 4.69) is 0 Å². The molecular formula is C17H21ClFNO3. The molecule has 1 aliphatic rings. The number of ketones is 1. The maximum atomic E-state index is 13.5. The van der Waals surface area contributed by atoms with E-state index in [4.69, 9.17) is 16.3 Å². The van der Waals surface area contributed by atoms with Crippen LogP contribution in [0.25, 0.3) is 0 Å². The van der Waals surface area contributed by atoms with Gasteiger partial charge in [0.25, 0.3) is 0 Å². The van der Waals surface area contributed by atoms with Crippen molar-refractivity contribution in [2.45, 2.75) is 51.7 Å². The monoisotopic (exact) mass is 341 g/mol. The second-order valence-electron chi connectivity index (χ2n) is 6.71. The van der Waals surface area contributed by atoms with Crippen molar-refractivity contribution in [3.8, 4) is 0 Å². The Morgan fingerprint density at radius 3 is 2.57 bits per heavy atom. The van der Waals surface area contributed by atoms with Crippen molar-refractivity contribution in [3.63, 3.8) is 0 Å². The highest BCUT2D eigenvalue weighted by Crippen LogP contribution is 2.25. The first kappa shape index (κ1) is 17.7. The predicted octanol–water partition coefficient (Wildman–Crippen LogP) is 4.45. The van der Waals surface area contributed by atoms with E-state index in [-0.39, 0.29) is 16.4 Å². The molecule has 0 spiro atoms. The molecule has 0 radical (unpaired) electrons. The molecule has 1 aromatic carbocycles. The first-order valence-corrected chi connectivity index (χ1v) is 8.05. The highest BCUT2D eigenvalue weighted by Gasteiger charge is 2.35. The number of rotatable bonds is 2. The predicted molar refractivity (Wildman–Crippen MR) is 86.3 cm³/mol. The highest BCUT2D eigenvalue weighted by atomic mass is 35.5. The Morgan fingerprint density at radius 1 is 1.26 bits per heavy atom. The molecule has 1 aliphatic heterocycles. The summed E-state index contributed by atoms with van der Waals surface area (Å²) in [6.07, 6.45) is 1.66. The summed E-state index contributed by atoms with van der Waals surface area (Å²) in [6, 6.07) is 3.08. The van der Waals surface area contributed by atoms with E-state index in [1.54, 1.807) is 20.8 Å². The standard InChI is InChI=1S/C17H21ClFNO3/c1-17(2,3)23-16(22)20-7-5-4-6-14(20)15(21)11-8-12(18)10-13(19)9-11/h8-10,14H,4-7H2,1-3H3/t14-/m0/s1. The molecule has 4 nitrogen and oxygen atoms in total. The third-order valence-corrected chi connectivity index (χ3v) is 3.80. The van der Waals surface area contributed by atoms with Crippen molar-refractivity contribution in [2.24, 2.45) is 0 Å². The van der Waals surface area contributed by atoms with Crippen molar-refractivity contribution in [1.29, 1.82) is 0 Å². The summed E-state index contributed by atoms with van der Waals surface area (Å²) in [5.74, 6) is -0.877. The molecule has 126 valence electrons. The minimum absolute atomic E-state index is 0.160. The van der Waals surface area contributed by atoms with Crippen LogP contribution in [0.5, 0.6) is 0 Å². The lowest BCUT2D eigenvalue weighted by atomic mass is 9.94. The van der Waals surface area contributed by atoms with Crippen molar-refractivity contribution >= 4 is 23.5 Å². The molecule has 6 heteroatoms. The van der Waals surface area contributed by atoms with E-state index in [1.807, 2.05) is 0 Å². The second-order valence-corrected chi connectivity index (χ2v) is 7.14. The van der Waals surface area contributed by atoms with Gasteiger partial charge in [-0.3, -0.25) is 9.69 Å². The molecule has 23 heavy (non-hydrogen) atoms. The van der Waals surface area contributed by atoms with Crippen LogP contribution in [-0.4, -0.2) is 35.0 Å². The zero-order valence-corrected chi connectivity index (χ0v) is 14.3. The molecule has 1 atom stereocenters. The van der Waals surface area contributed by atoms with Gasteiger partial charge in [0, 0.05) is 17.1 Å². The van der Waals surface area contributed by atoms with Gasteiger partial charge in [-0.25, -0.2) is 9.18 Å². The average Bonchev–Trinajstić information content (AvgIpc) is 2.43. The number of hydrogen-bond donors (Lipinski definition) is 0. The van der Waals surface area contributed by atoms with E-state index in [9.17, 15) is 14.0 Å². The fraction of sp³-hybridized carbons (Fsp3) is 0.529. The summed E-state index contributed by atoms with van der Waals surface area (Å²) in [7, 11) is 0. The molecule has 0 bridgehead atoms. The lowest BCUT2D eigenvalue weighted by molar-refractivity contribution is 0.0105. The van der Waals surface area contributed by atoms with Crippen molar-refractivity contribution in [3.05, 3.63) is 34.6 Å². The Hall–Kier alpha value is -1.62. The van der Waals surface area contributed by atoms with Crippen LogP contribution in [0.3, 0.4) is 0 Å². The first-order chi connectivity index (χ1) is 10.7. The number of benzene rings is 1. The number of halogens is 2. The van der Waals surface area contributed by atoms with Gasteiger partial charge in [-0.1, -0.05) is 11.6 Å². The van der Waals surface area contributed by atoms with Crippen molar-refractivity contribution < 1.29 is 18.7 Å². The maximum absolute atomic E-state index is 13.5. The van der Waals surface area contributed by atoms with E-state index < -0.39 is 23.6 Å². The molecule has 0 N–H and O–H groups in total. The molecular weight excluding hydrogens is 321 g/mol. The Kier molecular flexibility index (Phi) is 5.30. The zero-order valence-electron chi connectivity index (χ0n) is 13.6. The molecule has 2 rings (SSSR count). The minimum atomic E-state index is -0.642. The third-order valence-electron chi connectivity index (χ3n) is 3.58. The Balaban J connectivity index is 2.23. The summed E-state index contributed by atoms with van der Waals surface area (Å²) >= 11 is 5.82. The van der Waals surface area contributed by atoms with Crippen LogP contribution >= 0.6 is 11.6 Å².